The minimum absolute atomic E-state index is 0. The maximum Gasteiger partial charge on any atom is 3.00 e. The van der Waals surface area contributed by atoms with Gasteiger partial charge in [-0.25, -0.2) is 0 Å². The summed E-state index contributed by atoms with van der Waals surface area (Å²) >= 11 is 0. The van der Waals surface area contributed by atoms with E-state index >= 15 is 0 Å². The Kier molecular flexibility index (Phi) is 13.8. The Bertz CT molecular complexity index is 629. The Hall–Kier alpha value is 1.53. The van der Waals surface area contributed by atoms with Gasteiger partial charge in [0.15, 0.2) is 0 Å². The van der Waals surface area contributed by atoms with E-state index in [9.17, 15) is 0 Å². The average molecular weight is 570 g/mol. The molecule has 0 saturated heterocycles. The predicted octanol–water partition coefficient (Wildman–Crippen LogP) is 10.2. The van der Waals surface area contributed by atoms with E-state index in [-0.39, 0.29) is 33.3 Å². The molecule has 5 aliphatic rings. The number of hydrogen-bond acceptors (Lipinski definition) is 1. The van der Waals surface area contributed by atoms with Crippen LogP contribution in [0.2, 0.25) is 39.3 Å². The van der Waals surface area contributed by atoms with Crippen LogP contribution in [0.25, 0.3) is 0 Å². The fourth-order valence-electron chi connectivity index (χ4n) is 8.01. The fraction of sp³-hybridized carbons (Fsp3) is 0.900. The normalized spacial score (nSPS) is 39.8. The molecule has 5 aliphatic carbocycles. The Balaban J connectivity index is 0.000000827. The molecule has 0 radical (unpaired) electrons. The third-order valence-corrected chi connectivity index (χ3v) is 12.1. The molecule has 5 saturated carbocycles. The van der Waals surface area contributed by atoms with E-state index in [0.717, 1.165) is 47.1 Å². The van der Waals surface area contributed by atoms with Gasteiger partial charge in [-0.2, -0.15) is 0 Å². The van der Waals surface area contributed by atoms with Crippen molar-refractivity contribution in [3.05, 3.63) is 20.5 Å². The summed E-state index contributed by atoms with van der Waals surface area (Å²) in [6, 6.07) is 0. The molecule has 35 heavy (non-hydrogen) atoms. The van der Waals surface area contributed by atoms with Crippen LogP contribution in [0.1, 0.15) is 66.2 Å². The predicted molar refractivity (Wildman–Crippen MR) is 166 cm³/mol. The van der Waals surface area contributed by atoms with Crippen molar-refractivity contribution < 1.29 is 25.8 Å². The van der Waals surface area contributed by atoms with Gasteiger partial charge in [-0.1, -0.05) is 67.0 Å². The van der Waals surface area contributed by atoms with Gasteiger partial charge in [0.25, 0.3) is 0 Å². The first-order chi connectivity index (χ1) is 14.7. The molecular formula is C30H63NPScSi2. The van der Waals surface area contributed by atoms with Crippen LogP contribution in [0.5, 0.6) is 0 Å². The number of nitrogens with zero attached hydrogens (tertiary/aromatic N) is 1. The van der Waals surface area contributed by atoms with Crippen molar-refractivity contribution in [2.24, 2.45) is 46.2 Å². The monoisotopic (exact) mass is 569 g/mol. The van der Waals surface area contributed by atoms with Gasteiger partial charge in [0.2, 0.25) is 0 Å². The summed E-state index contributed by atoms with van der Waals surface area (Å²) < 4.78 is 5.86. The van der Waals surface area contributed by atoms with Crippen LogP contribution in [-0.4, -0.2) is 40.7 Å². The summed E-state index contributed by atoms with van der Waals surface area (Å²) in [6.45, 7) is 36.4. The molecule has 0 aromatic heterocycles. The van der Waals surface area contributed by atoms with E-state index in [1.54, 1.807) is 0 Å². The van der Waals surface area contributed by atoms with Gasteiger partial charge in [-0.05, 0) is 106 Å². The van der Waals surface area contributed by atoms with Gasteiger partial charge in [0, 0.05) is 0 Å². The van der Waals surface area contributed by atoms with Crippen LogP contribution in [0.15, 0.2) is 4.74 Å². The molecule has 4 unspecified atom stereocenters. The Morgan fingerprint density at radius 3 is 1.17 bits per heavy atom. The number of rotatable bonds is 2. The second-order valence-electron chi connectivity index (χ2n) is 15.8. The van der Waals surface area contributed by atoms with Gasteiger partial charge >= 0.3 is 25.8 Å². The third kappa shape index (κ3) is 10.9. The van der Waals surface area contributed by atoms with Crippen molar-refractivity contribution in [3.63, 3.8) is 0 Å². The van der Waals surface area contributed by atoms with Crippen molar-refractivity contribution in [2.45, 2.75) is 117 Å². The van der Waals surface area contributed by atoms with Gasteiger partial charge in [-0.3, -0.25) is 4.74 Å². The van der Waals surface area contributed by atoms with Crippen LogP contribution in [0, 0.1) is 61.9 Å². The molecule has 5 fully saturated rings. The van der Waals surface area contributed by atoms with E-state index < -0.39 is 23.2 Å². The third-order valence-electron chi connectivity index (χ3n) is 8.77. The number of hydrogen-bond donors (Lipinski definition) is 0. The van der Waals surface area contributed by atoms with E-state index in [2.05, 4.69) is 93.4 Å². The minimum atomic E-state index is -1.20. The Labute approximate surface area is 244 Å². The maximum atomic E-state index is 5.86. The topological polar surface area (TPSA) is 12.4 Å². The molecule has 0 aliphatic heterocycles. The Morgan fingerprint density at radius 1 is 0.657 bits per heavy atom. The zero-order valence-corrected chi connectivity index (χ0v) is 30.9. The smallest absolute Gasteiger partial charge is 0.358 e. The van der Waals surface area contributed by atoms with Crippen LogP contribution in [-0.2, 0) is 25.8 Å². The standard InChI is InChI=1S/C21H38NP.2C4H11Si.CH3.Sc/c1-13-14(2)16(4)20(15(13)3)23(5,6)22-21-10-17-7-18(11-21)9-19(8-17)12-21;2*1-5(2,3)4;;/h13-20H,7-12H2,1-6H3;2*1H2,2-4H3;1H3;/q;3*-1;+3. The summed E-state index contributed by atoms with van der Waals surface area (Å²) in [5.41, 5.74) is 1.29. The SMILES string of the molecule is CC1C(C)C(C)C(P(C)(C)=NC23CC4CC(CC(C4)C2)C3)C1C.[CH2-][Si](C)(C)C.[CH2-][Si](C)(C)C.[CH3-].[Sc+3]. The van der Waals surface area contributed by atoms with E-state index in [1.165, 1.54) is 38.5 Å². The molecular weight excluding hydrogens is 506 g/mol. The summed E-state index contributed by atoms with van der Waals surface area (Å²) in [6.07, 6.45) is 8.96. The van der Waals surface area contributed by atoms with Gasteiger partial charge in [0.1, 0.15) is 0 Å². The molecule has 5 heteroatoms. The van der Waals surface area contributed by atoms with Crippen molar-refractivity contribution in [1.29, 1.82) is 0 Å². The fourth-order valence-corrected chi connectivity index (χ4v) is 12.3. The van der Waals surface area contributed by atoms with Crippen molar-refractivity contribution in [3.8, 4) is 0 Å². The van der Waals surface area contributed by atoms with E-state index in [1.807, 2.05) is 0 Å². The summed E-state index contributed by atoms with van der Waals surface area (Å²) in [5.74, 6) is 6.56. The molecule has 0 amide bonds. The summed E-state index contributed by atoms with van der Waals surface area (Å²) in [7, 11) is -2.92. The zero-order chi connectivity index (χ0) is 25.6. The summed E-state index contributed by atoms with van der Waals surface area (Å²) in [5, 5.41) is 0. The second kappa shape index (κ2) is 13.3. The molecule has 0 aromatic rings. The van der Waals surface area contributed by atoms with Gasteiger partial charge in [0.05, 0.1) is 5.54 Å². The van der Waals surface area contributed by atoms with E-state index in [0.29, 0.717) is 5.54 Å². The molecule has 0 N–H and O–H groups in total. The Morgan fingerprint density at radius 2 is 0.914 bits per heavy atom. The van der Waals surface area contributed by atoms with Crippen molar-refractivity contribution in [1.82, 2.24) is 0 Å². The minimum Gasteiger partial charge on any atom is -0.358 e. The van der Waals surface area contributed by atoms with Gasteiger partial charge in [-0.15, -0.1) is 16.1 Å². The average Bonchev–Trinajstić information content (AvgIpc) is 2.73. The maximum absolute atomic E-state index is 5.86. The van der Waals surface area contributed by atoms with Crippen LogP contribution in [0.3, 0.4) is 0 Å². The summed E-state index contributed by atoms with van der Waals surface area (Å²) in [4.78, 5) is 0. The quantitative estimate of drug-likeness (QED) is 0.178. The van der Waals surface area contributed by atoms with Crippen LogP contribution >= 0.6 is 7.05 Å². The second-order valence-corrected chi connectivity index (χ2v) is 29.8. The molecule has 1 nitrogen and oxygen atoms in total. The molecule has 4 bridgehead atoms. The van der Waals surface area contributed by atoms with Crippen LogP contribution < -0.4 is 0 Å². The zero-order valence-electron chi connectivity index (χ0n) is 26.2. The largest absolute Gasteiger partial charge is 3.00 e. The van der Waals surface area contributed by atoms with Gasteiger partial charge < -0.3 is 20.5 Å². The molecule has 4 atom stereocenters. The molecule has 0 heterocycles. The molecule has 204 valence electrons. The first-order valence-electron chi connectivity index (χ1n) is 14.0. The van der Waals surface area contributed by atoms with Crippen molar-refractivity contribution >= 4 is 23.2 Å². The molecule has 0 aromatic carbocycles. The first kappa shape index (κ1) is 36.5. The van der Waals surface area contributed by atoms with Crippen LogP contribution in [0.4, 0.5) is 0 Å². The molecule has 5 rings (SSSR count). The first-order valence-corrected chi connectivity index (χ1v) is 24.1. The molecule has 0 spiro atoms. The van der Waals surface area contributed by atoms with E-state index in [4.69, 9.17) is 4.74 Å². The van der Waals surface area contributed by atoms with Crippen molar-refractivity contribution in [2.75, 3.05) is 13.3 Å².